The summed E-state index contributed by atoms with van der Waals surface area (Å²) in [6.07, 6.45) is 10.5. The molecule has 0 bridgehead atoms. The molecule has 2 aromatic carbocycles. The number of nitrogens with zero attached hydrogens (tertiary/aromatic N) is 4. The molecule has 1 amide bonds. The Morgan fingerprint density at radius 3 is 2.55 bits per heavy atom. The summed E-state index contributed by atoms with van der Waals surface area (Å²) in [4.78, 5) is 26.9. The van der Waals surface area contributed by atoms with Crippen LogP contribution >= 0.6 is 11.6 Å². The fourth-order valence-electron chi connectivity index (χ4n) is 4.79. The van der Waals surface area contributed by atoms with Gasteiger partial charge in [-0.25, -0.2) is 18.5 Å². The number of carbonyl (C=O) groups is 1. The molecule has 2 heterocycles. The van der Waals surface area contributed by atoms with Gasteiger partial charge in [-0.1, -0.05) is 67.0 Å². The minimum atomic E-state index is -3.81. The summed E-state index contributed by atoms with van der Waals surface area (Å²) in [5.74, 6) is 7.63. The van der Waals surface area contributed by atoms with Crippen LogP contribution in [-0.4, -0.2) is 39.9 Å². The summed E-state index contributed by atoms with van der Waals surface area (Å²) in [6, 6.07) is 14.3. The maximum absolute atomic E-state index is 13.5. The molecule has 13 heteroatoms. The summed E-state index contributed by atoms with van der Waals surface area (Å²) in [5.41, 5.74) is 1.66. The molecule has 228 valence electrons. The van der Waals surface area contributed by atoms with Gasteiger partial charge in [-0.05, 0) is 48.2 Å². The number of hydrogen-bond acceptors (Lipinski definition) is 8. The van der Waals surface area contributed by atoms with E-state index in [0.717, 1.165) is 31.2 Å². The number of sulfonamides is 1. The third-order valence-corrected chi connectivity index (χ3v) is 8.30. The minimum absolute atomic E-state index is 0.00250. The SMILES string of the molecule is NS(=O)(=O)c1ccc(CNC(=O)[C@@H](C#CC2CCCCC2)Nc2cc(-n3ccnc3)nc(NCc3cccc(Cl)c3)n2)cc1. The molecule has 0 aliphatic heterocycles. The van der Waals surface area contributed by atoms with E-state index in [9.17, 15) is 13.2 Å². The van der Waals surface area contributed by atoms with Crippen molar-refractivity contribution in [1.29, 1.82) is 0 Å². The highest BCUT2D eigenvalue weighted by molar-refractivity contribution is 7.89. The highest BCUT2D eigenvalue weighted by Gasteiger charge is 2.19. The lowest BCUT2D eigenvalue weighted by Crippen LogP contribution is -2.39. The standard InChI is InChI=1S/C31H33ClN8O3S/c32-25-8-4-7-24(17-25)20-36-31-38-28(18-29(39-31)40-16-15-34-21-40)37-27(14-11-22-5-2-1-3-6-22)30(41)35-19-23-9-12-26(13-10-23)44(33,42)43/h4,7-10,12-13,15-18,21-22,27H,1-3,5-6,19-20H2,(H,35,41)(H2,33,42,43)(H2,36,37,38,39)/t27-/m1/s1. The van der Waals surface area contributed by atoms with Crippen molar-refractivity contribution >= 4 is 39.3 Å². The van der Waals surface area contributed by atoms with E-state index < -0.39 is 16.1 Å². The number of aromatic nitrogens is 4. The van der Waals surface area contributed by atoms with Crippen LogP contribution in [0.1, 0.15) is 43.2 Å². The third-order valence-electron chi connectivity index (χ3n) is 7.13. The second kappa shape index (κ2) is 14.4. The number of benzene rings is 2. The highest BCUT2D eigenvalue weighted by atomic mass is 35.5. The zero-order chi connectivity index (χ0) is 30.9. The van der Waals surface area contributed by atoms with Crippen molar-refractivity contribution in [1.82, 2.24) is 24.8 Å². The number of hydrogen-bond donors (Lipinski definition) is 4. The number of anilines is 2. The number of primary sulfonamides is 1. The van der Waals surface area contributed by atoms with Crippen molar-refractivity contribution in [3.63, 3.8) is 0 Å². The van der Waals surface area contributed by atoms with Crippen molar-refractivity contribution in [2.24, 2.45) is 11.1 Å². The number of imidazole rings is 1. The molecule has 2 aromatic heterocycles. The van der Waals surface area contributed by atoms with E-state index >= 15 is 0 Å². The largest absolute Gasteiger partial charge is 0.350 e. The van der Waals surface area contributed by atoms with Crippen LogP contribution in [0.5, 0.6) is 0 Å². The van der Waals surface area contributed by atoms with Crippen LogP contribution in [0.3, 0.4) is 0 Å². The molecule has 11 nitrogen and oxygen atoms in total. The third kappa shape index (κ3) is 8.79. The smallest absolute Gasteiger partial charge is 0.255 e. The second-order valence-electron chi connectivity index (χ2n) is 10.5. The van der Waals surface area contributed by atoms with Crippen molar-refractivity contribution in [2.75, 3.05) is 10.6 Å². The number of nitrogens with one attached hydrogen (secondary N) is 3. The van der Waals surface area contributed by atoms with E-state index in [1.54, 1.807) is 41.5 Å². The first-order valence-corrected chi connectivity index (χ1v) is 16.2. The summed E-state index contributed by atoms with van der Waals surface area (Å²) in [7, 11) is -3.81. The molecule has 5 rings (SSSR count). The van der Waals surface area contributed by atoms with E-state index in [4.69, 9.17) is 16.7 Å². The molecular formula is C31H33ClN8O3S. The maximum atomic E-state index is 13.5. The zero-order valence-electron chi connectivity index (χ0n) is 23.9. The quantitative estimate of drug-likeness (QED) is 0.189. The maximum Gasteiger partial charge on any atom is 0.255 e. The Labute approximate surface area is 261 Å². The molecule has 0 spiro atoms. The topological polar surface area (TPSA) is 157 Å². The molecule has 5 N–H and O–H groups in total. The van der Waals surface area contributed by atoms with Crippen molar-refractivity contribution in [2.45, 2.75) is 56.1 Å². The molecular weight excluding hydrogens is 600 g/mol. The molecule has 44 heavy (non-hydrogen) atoms. The lowest BCUT2D eigenvalue weighted by atomic mass is 9.89. The van der Waals surface area contributed by atoms with Crippen molar-refractivity contribution < 1.29 is 13.2 Å². The molecule has 1 aliphatic carbocycles. The average Bonchev–Trinajstić information content (AvgIpc) is 3.57. The van der Waals surface area contributed by atoms with E-state index in [1.165, 1.54) is 18.6 Å². The van der Waals surface area contributed by atoms with Crippen LogP contribution in [-0.2, 0) is 27.9 Å². The number of amides is 1. The van der Waals surface area contributed by atoms with Crippen LogP contribution in [0.4, 0.5) is 11.8 Å². The van der Waals surface area contributed by atoms with Crippen molar-refractivity contribution in [3.05, 3.63) is 89.5 Å². The van der Waals surface area contributed by atoms with Gasteiger partial charge in [0.2, 0.25) is 16.0 Å². The Morgan fingerprint density at radius 2 is 1.84 bits per heavy atom. The van der Waals surface area contributed by atoms with Crippen LogP contribution in [0.2, 0.25) is 5.02 Å². The molecule has 1 saturated carbocycles. The Hall–Kier alpha value is -4.44. The molecule has 0 radical (unpaired) electrons. The fourth-order valence-corrected chi connectivity index (χ4v) is 5.52. The van der Waals surface area contributed by atoms with E-state index in [0.29, 0.717) is 34.7 Å². The normalized spacial score (nSPS) is 14.2. The summed E-state index contributed by atoms with van der Waals surface area (Å²) >= 11 is 6.15. The van der Waals surface area contributed by atoms with Gasteiger partial charge >= 0.3 is 0 Å². The van der Waals surface area contributed by atoms with Gasteiger partial charge in [0.1, 0.15) is 18.0 Å². The Bertz CT molecular complexity index is 1750. The van der Waals surface area contributed by atoms with Gasteiger partial charge in [-0.3, -0.25) is 9.36 Å². The number of rotatable bonds is 10. The first kappa shape index (κ1) is 31.0. The van der Waals surface area contributed by atoms with Gasteiger partial charge in [-0.2, -0.15) is 9.97 Å². The minimum Gasteiger partial charge on any atom is -0.350 e. The first-order valence-electron chi connectivity index (χ1n) is 14.3. The van der Waals surface area contributed by atoms with Crippen LogP contribution < -0.4 is 21.1 Å². The molecule has 1 fully saturated rings. The molecule has 0 saturated heterocycles. The number of nitrogens with two attached hydrogens (primary N) is 1. The van der Waals surface area contributed by atoms with Gasteiger partial charge in [-0.15, -0.1) is 0 Å². The van der Waals surface area contributed by atoms with E-state index in [2.05, 4.69) is 42.7 Å². The second-order valence-corrected chi connectivity index (χ2v) is 12.5. The fraction of sp³-hybridized carbons (Fsp3) is 0.290. The Kier molecular flexibility index (Phi) is 10.1. The predicted molar refractivity (Wildman–Crippen MR) is 169 cm³/mol. The summed E-state index contributed by atoms with van der Waals surface area (Å²) in [6.45, 7) is 0.604. The average molecular weight is 633 g/mol. The van der Waals surface area contributed by atoms with Crippen LogP contribution in [0.15, 0.2) is 78.2 Å². The zero-order valence-corrected chi connectivity index (χ0v) is 25.5. The van der Waals surface area contributed by atoms with Gasteiger partial charge in [0.15, 0.2) is 6.04 Å². The first-order chi connectivity index (χ1) is 21.2. The molecule has 1 aliphatic rings. The monoisotopic (exact) mass is 632 g/mol. The molecule has 4 aromatic rings. The van der Waals surface area contributed by atoms with Crippen LogP contribution in [0, 0.1) is 17.8 Å². The van der Waals surface area contributed by atoms with Gasteiger partial charge < -0.3 is 16.0 Å². The predicted octanol–water partition coefficient (Wildman–Crippen LogP) is 4.26. The summed E-state index contributed by atoms with van der Waals surface area (Å²) < 4.78 is 24.9. The molecule has 0 unspecified atom stereocenters. The van der Waals surface area contributed by atoms with Crippen molar-refractivity contribution in [3.8, 4) is 17.7 Å². The summed E-state index contributed by atoms with van der Waals surface area (Å²) in [5, 5.41) is 15.2. The highest BCUT2D eigenvalue weighted by Crippen LogP contribution is 2.23. The molecule has 1 atom stereocenters. The Balaban J connectivity index is 1.37. The van der Waals surface area contributed by atoms with Crippen LogP contribution in [0.25, 0.3) is 5.82 Å². The number of halogens is 1. The lowest BCUT2D eigenvalue weighted by molar-refractivity contribution is -0.120. The lowest BCUT2D eigenvalue weighted by Gasteiger charge is -2.18. The Morgan fingerprint density at radius 1 is 1.05 bits per heavy atom. The van der Waals surface area contributed by atoms with E-state index in [-0.39, 0.29) is 23.3 Å². The van der Waals surface area contributed by atoms with Gasteiger partial charge in [0.25, 0.3) is 5.91 Å². The van der Waals surface area contributed by atoms with E-state index in [1.807, 2.05) is 24.3 Å². The van der Waals surface area contributed by atoms with Gasteiger partial charge in [0.05, 0.1) is 4.90 Å². The number of carbonyl (C=O) groups excluding carboxylic acids is 1. The van der Waals surface area contributed by atoms with Gasteiger partial charge in [0, 0.05) is 42.5 Å².